The third kappa shape index (κ3) is 3.50. The predicted molar refractivity (Wildman–Crippen MR) is 86.5 cm³/mol. The van der Waals surface area contributed by atoms with E-state index in [0.29, 0.717) is 0 Å². The highest BCUT2D eigenvalue weighted by molar-refractivity contribution is 5.73. The van der Waals surface area contributed by atoms with Crippen LogP contribution in [0.25, 0.3) is 0 Å². The fourth-order valence-corrected chi connectivity index (χ4v) is 3.80. The van der Waals surface area contributed by atoms with E-state index in [1.54, 1.807) is 6.92 Å². The molecule has 1 atom stereocenters. The van der Waals surface area contributed by atoms with Crippen molar-refractivity contribution in [1.29, 1.82) is 0 Å². The van der Waals surface area contributed by atoms with Gasteiger partial charge in [0, 0.05) is 39.6 Å². The highest BCUT2D eigenvalue weighted by Crippen LogP contribution is 2.32. The van der Waals surface area contributed by atoms with Crippen LogP contribution in [0.5, 0.6) is 0 Å². The van der Waals surface area contributed by atoms with Gasteiger partial charge in [0.05, 0.1) is 11.7 Å². The molecule has 1 aromatic carbocycles. The van der Waals surface area contributed by atoms with Gasteiger partial charge in [-0.25, -0.2) is 0 Å². The molecule has 0 saturated carbocycles. The van der Waals surface area contributed by atoms with Gasteiger partial charge in [-0.05, 0) is 25.3 Å². The second-order valence-corrected chi connectivity index (χ2v) is 6.77. The topological polar surface area (TPSA) is 32.8 Å². The summed E-state index contributed by atoms with van der Waals surface area (Å²) in [6, 6.07) is 10.6. The standard InChI is InChI=1S/C18H26N2O2/c1-15-12-19(13-17-6-4-3-5-7-17)14-18(22-15)8-10-20(11-9-18)16(2)21/h3-7,15H,8-14H2,1-2H3/t15-/m0/s1. The molecule has 1 spiro atoms. The van der Waals surface area contributed by atoms with Crippen molar-refractivity contribution >= 4 is 5.91 Å². The lowest BCUT2D eigenvalue weighted by Gasteiger charge is -2.49. The maximum absolute atomic E-state index is 11.5. The van der Waals surface area contributed by atoms with Gasteiger partial charge >= 0.3 is 0 Å². The highest BCUT2D eigenvalue weighted by atomic mass is 16.5. The van der Waals surface area contributed by atoms with Gasteiger partial charge in [0.2, 0.25) is 5.91 Å². The molecule has 22 heavy (non-hydrogen) atoms. The Morgan fingerprint density at radius 1 is 1.27 bits per heavy atom. The number of ether oxygens (including phenoxy) is 1. The van der Waals surface area contributed by atoms with E-state index in [4.69, 9.17) is 4.74 Å². The van der Waals surface area contributed by atoms with Gasteiger partial charge in [0.1, 0.15) is 0 Å². The smallest absolute Gasteiger partial charge is 0.219 e. The minimum Gasteiger partial charge on any atom is -0.369 e. The minimum absolute atomic E-state index is 0.0710. The molecule has 0 N–H and O–H groups in total. The number of nitrogens with zero attached hydrogens (tertiary/aromatic N) is 2. The number of carbonyl (C=O) groups is 1. The van der Waals surface area contributed by atoms with Crippen molar-refractivity contribution < 1.29 is 9.53 Å². The van der Waals surface area contributed by atoms with E-state index in [2.05, 4.69) is 42.2 Å². The first-order valence-corrected chi connectivity index (χ1v) is 8.26. The predicted octanol–water partition coefficient (Wildman–Crippen LogP) is 2.29. The number of likely N-dealkylation sites (tertiary alicyclic amines) is 1. The summed E-state index contributed by atoms with van der Waals surface area (Å²) < 4.78 is 6.33. The Bertz CT molecular complexity index is 509. The van der Waals surface area contributed by atoms with Crippen LogP contribution in [-0.2, 0) is 16.1 Å². The number of amides is 1. The van der Waals surface area contributed by atoms with E-state index in [-0.39, 0.29) is 17.6 Å². The van der Waals surface area contributed by atoms with Gasteiger partial charge in [-0.15, -0.1) is 0 Å². The normalized spacial score (nSPS) is 25.4. The van der Waals surface area contributed by atoms with Crippen LogP contribution in [0.2, 0.25) is 0 Å². The van der Waals surface area contributed by atoms with Gasteiger partial charge in [0.15, 0.2) is 0 Å². The van der Waals surface area contributed by atoms with E-state index in [0.717, 1.165) is 45.6 Å². The van der Waals surface area contributed by atoms with Crippen LogP contribution in [0.3, 0.4) is 0 Å². The van der Waals surface area contributed by atoms with E-state index in [9.17, 15) is 4.79 Å². The Labute approximate surface area is 133 Å². The molecule has 0 aromatic heterocycles. The molecule has 1 aromatic rings. The first-order chi connectivity index (χ1) is 10.6. The summed E-state index contributed by atoms with van der Waals surface area (Å²) in [5, 5.41) is 0. The zero-order chi connectivity index (χ0) is 15.6. The summed E-state index contributed by atoms with van der Waals surface area (Å²) in [4.78, 5) is 16.0. The van der Waals surface area contributed by atoms with Crippen LogP contribution >= 0.6 is 0 Å². The van der Waals surface area contributed by atoms with Crippen molar-refractivity contribution in [3.8, 4) is 0 Å². The quantitative estimate of drug-likeness (QED) is 0.840. The molecule has 120 valence electrons. The molecular formula is C18H26N2O2. The average molecular weight is 302 g/mol. The number of rotatable bonds is 2. The van der Waals surface area contributed by atoms with Gasteiger partial charge in [-0.3, -0.25) is 9.69 Å². The number of hydrogen-bond donors (Lipinski definition) is 0. The molecule has 2 saturated heterocycles. The second-order valence-electron chi connectivity index (χ2n) is 6.77. The van der Waals surface area contributed by atoms with Crippen molar-refractivity contribution in [2.24, 2.45) is 0 Å². The van der Waals surface area contributed by atoms with Crippen LogP contribution < -0.4 is 0 Å². The van der Waals surface area contributed by atoms with Crippen LogP contribution in [0.1, 0.15) is 32.3 Å². The Balaban J connectivity index is 1.65. The molecule has 1 amide bonds. The lowest BCUT2D eigenvalue weighted by atomic mass is 9.88. The Hall–Kier alpha value is -1.39. The van der Waals surface area contributed by atoms with E-state index in [1.165, 1.54) is 5.56 Å². The summed E-state index contributed by atoms with van der Waals surface area (Å²) in [5.41, 5.74) is 1.28. The maximum atomic E-state index is 11.5. The summed E-state index contributed by atoms with van der Waals surface area (Å²) in [6.07, 6.45) is 2.14. The monoisotopic (exact) mass is 302 g/mol. The van der Waals surface area contributed by atoms with Crippen LogP contribution in [0.15, 0.2) is 30.3 Å². The molecule has 2 heterocycles. The first-order valence-electron chi connectivity index (χ1n) is 8.26. The SMILES string of the molecule is CC(=O)N1CCC2(CC1)CN(Cc1ccccc1)C[C@H](C)O2. The Kier molecular flexibility index (Phi) is 4.50. The first kappa shape index (κ1) is 15.5. The van der Waals surface area contributed by atoms with E-state index in [1.807, 2.05) is 4.90 Å². The van der Waals surface area contributed by atoms with E-state index < -0.39 is 0 Å². The van der Waals surface area contributed by atoms with Crippen LogP contribution in [-0.4, -0.2) is 53.6 Å². The van der Waals surface area contributed by atoms with Crippen molar-refractivity contribution in [1.82, 2.24) is 9.80 Å². The largest absolute Gasteiger partial charge is 0.369 e. The second kappa shape index (κ2) is 6.39. The maximum Gasteiger partial charge on any atom is 0.219 e. The fourth-order valence-electron chi connectivity index (χ4n) is 3.80. The Morgan fingerprint density at radius 3 is 2.59 bits per heavy atom. The molecule has 3 rings (SSSR count). The van der Waals surface area contributed by atoms with Crippen molar-refractivity contribution in [3.63, 3.8) is 0 Å². The molecule has 0 aliphatic carbocycles. The molecule has 2 fully saturated rings. The molecule has 0 radical (unpaired) electrons. The molecule has 0 unspecified atom stereocenters. The van der Waals surface area contributed by atoms with Gasteiger partial charge < -0.3 is 9.64 Å². The zero-order valence-corrected chi connectivity index (χ0v) is 13.6. The average Bonchev–Trinajstić information content (AvgIpc) is 2.48. The van der Waals surface area contributed by atoms with Crippen LogP contribution in [0.4, 0.5) is 0 Å². The number of carbonyl (C=O) groups excluding carboxylic acids is 1. The van der Waals surface area contributed by atoms with Gasteiger partial charge in [0.25, 0.3) is 0 Å². The molecule has 0 bridgehead atoms. The highest BCUT2D eigenvalue weighted by Gasteiger charge is 2.42. The third-order valence-electron chi connectivity index (χ3n) is 4.85. The summed E-state index contributed by atoms with van der Waals surface area (Å²) in [5.74, 6) is 0.180. The van der Waals surface area contributed by atoms with Crippen LogP contribution in [0, 0.1) is 0 Å². The summed E-state index contributed by atoms with van der Waals surface area (Å²) >= 11 is 0. The summed E-state index contributed by atoms with van der Waals surface area (Å²) in [7, 11) is 0. The zero-order valence-electron chi connectivity index (χ0n) is 13.6. The molecule has 4 heteroatoms. The van der Waals surface area contributed by atoms with Gasteiger partial charge in [-0.1, -0.05) is 30.3 Å². The minimum atomic E-state index is -0.0710. The lowest BCUT2D eigenvalue weighted by molar-refractivity contribution is -0.174. The van der Waals surface area contributed by atoms with Gasteiger partial charge in [-0.2, -0.15) is 0 Å². The number of morpholine rings is 1. The summed E-state index contributed by atoms with van der Waals surface area (Å²) in [6.45, 7) is 8.39. The number of piperidine rings is 1. The molecule has 4 nitrogen and oxygen atoms in total. The molecule has 2 aliphatic rings. The van der Waals surface area contributed by atoms with Crippen molar-refractivity contribution in [2.45, 2.75) is 44.9 Å². The van der Waals surface area contributed by atoms with Crippen molar-refractivity contribution in [3.05, 3.63) is 35.9 Å². The van der Waals surface area contributed by atoms with E-state index >= 15 is 0 Å². The lowest BCUT2D eigenvalue weighted by Crippen LogP contribution is -2.59. The van der Waals surface area contributed by atoms with Crippen molar-refractivity contribution in [2.75, 3.05) is 26.2 Å². The Morgan fingerprint density at radius 2 is 1.95 bits per heavy atom. The fraction of sp³-hybridized carbons (Fsp3) is 0.611. The number of hydrogen-bond acceptors (Lipinski definition) is 3. The molecular weight excluding hydrogens is 276 g/mol. The third-order valence-corrected chi connectivity index (χ3v) is 4.85. The number of benzene rings is 1. The molecule has 2 aliphatic heterocycles.